The van der Waals surface area contributed by atoms with Crippen LogP contribution in [0, 0.1) is 6.92 Å². The molecule has 1 saturated heterocycles. The van der Waals surface area contributed by atoms with Crippen LogP contribution in [0.5, 0.6) is 11.5 Å². The molecule has 1 unspecified atom stereocenters. The second kappa shape index (κ2) is 8.25. The highest BCUT2D eigenvalue weighted by atomic mass is 35.5. The zero-order chi connectivity index (χ0) is 15.4. The molecule has 124 valence electrons. The number of likely N-dealkylation sites (tertiary alicyclic amines) is 1. The minimum absolute atomic E-state index is 0. The minimum Gasteiger partial charge on any atom is -0.496 e. The first-order valence-corrected chi connectivity index (χ1v) is 7.29. The molecule has 1 aliphatic heterocycles. The molecule has 1 N–H and O–H groups in total. The molecule has 0 saturated carbocycles. The lowest BCUT2D eigenvalue weighted by Crippen LogP contribution is -2.46. The van der Waals surface area contributed by atoms with Gasteiger partial charge < -0.3 is 19.7 Å². The number of hydrogen-bond donors (Lipinski definition) is 1. The summed E-state index contributed by atoms with van der Waals surface area (Å²) in [5.74, 6) is 1.39. The van der Waals surface area contributed by atoms with E-state index >= 15 is 0 Å². The van der Waals surface area contributed by atoms with E-state index in [1.807, 2.05) is 18.9 Å². The Hall–Kier alpha value is -1.46. The Balaban J connectivity index is 0.00000242. The Bertz CT molecular complexity index is 497. The summed E-state index contributed by atoms with van der Waals surface area (Å²) in [5.41, 5.74) is 1.52. The monoisotopic (exact) mass is 328 g/mol. The lowest BCUT2D eigenvalue weighted by atomic mass is 10.0. The van der Waals surface area contributed by atoms with Crippen LogP contribution in [0.2, 0.25) is 0 Å². The van der Waals surface area contributed by atoms with E-state index in [9.17, 15) is 4.79 Å². The van der Waals surface area contributed by atoms with Gasteiger partial charge in [0.25, 0.3) is 5.91 Å². The van der Waals surface area contributed by atoms with Gasteiger partial charge in [-0.1, -0.05) is 0 Å². The Morgan fingerprint density at radius 1 is 1.27 bits per heavy atom. The van der Waals surface area contributed by atoms with Crippen molar-refractivity contribution in [3.05, 3.63) is 23.3 Å². The summed E-state index contributed by atoms with van der Waals surface area (Å²) >= 11 is 0. The number of rotatable bonds is 4. The number of nitrogens with one attached hydrogen (secondary N) is 1. The fourth-order valence-corrected chi connectivity index (χ4v) is 2.79. The molecule has 0 spiro atoms. The van der Waals surface area contributed by atoms with Crippen molar-refractivity contribution in [2.75, 3.05) is 34.4 Å². The first-order valence-electron chi connectivity index (χ1n) is 7.29. The van der Waals surface area contributed by atoms with Crippen LogP contribution >= 0.6 is 12.4 Å². The maximum atomic E-state index is 12.7. The summed E-state index contributed by atoms with van der Waals surface area (Å²) in [6, 6.07) is 3.96. The fourth-order valence-electron chi connectivity index (χ4n) is 2.79. The molecule has 1 aliphatic rings. The third kappa shape index (κ3) is 3.84. The Morgan fingerprint density at radius 2 is 1.86 bits per heavy atom. The largest absolute Gasteiger partial charge is 0.496 e. The van der Waals surface area contributed by atoms with Crippen molar-refractivity contribution in [1.29, 1.82) is 0 Å². The maximum Gasteiger partial charge on any atom is 0.254 e. The van der Waals surface area contributed by atoms with E-state index in [1.54, 1.807) is 26.4 Å². The number of likely N-dealkylation sites (N-methyl/N-ethyl adjacent to an activating group) is 1. The quantitative estimate of drug-likeness (QED) is 0.921. The lowest BCUT2D eigenvalue weighted by Gasteiger charge is -2.32. The molecule has 1 atom stereocenters. The minimum atomic E-state index is 0. The van der Waals surface area contributed by atoms with Gasteiger partial charge in [0, 0.05) is 30.3 Å². The number of benzene rings is 1. The molecule has 6 heteroatoms. The van der Waals surface area contributed by atoms with Crippen LogP contribution in [-0.4, -0.2) is 51.2 Å². The predicted octanol–water partition coefficient (Wildman–Crippen LogP) is 2.26. The van der Waals surface area contributed by atoms with Crippen molar-refractivity contribution in [3.8, 4) is 11.5 Å². The van der Waals surface area contributed by atoms with Gasteiger partial charge in [0.05, 0.1) is 14.2 Å². The van der Waals surface area contributed by atoms with Crippen molar-refractivity contribution in [2.24, 2.45) is 0 Å². The normalized spacial score (nSPS) is 17.6. The van der Waals surface area contributed by atoms with Crippen LogP contribution in [0.1, 0.15) is 28.8 Å². The molecule has 0 bridgehead atoms. The number of piperidine rings is 1. The topological polar surface area (TPSA) is 50.8 Å². The number of halogens is 1. The average molecular weight is 329 g/mol. The van der Waals surface area contributed by atoms with Crippen molar-refractivity contribution in [1.82, 2.24) is 10.2 Å². The van der Waals surface area contributed by atoms with Crippen LogP contribution in [0.25, 0.3) is 0 Å². The molecule has 0 aromatic heterocycles. The number of nitrogens with zero attached hydrogens (tertiary/aromatic N) is 1. The molecule has 5 nitrogen and oxygen atoms in total. The highest BCUT2D eigenvalue weighted by Gasteiger charge is 2.24. The van der Waals surface area contributed by atoms with Crippen LogP contribution in [0.4, 0.5) is 0 Å². The average Bonchev–Trinajstić information content (AvgIpc) is 2.54. The summed E-state index contributed by atoms with van der Waals surface area (Å²) in [6.07, 6.45) is 2.14. The molecule has 0 radical (unpaired) electrons. The van der Waals surface area contributed by atoms with Gasteiger partial charge in [0.2, 0.25) is 0 Å². The second-order valence-electron chi connectivity index (χ2n) is 5.38. The third-order valence-electron chi connectivity index (χ3n) is 4.12. The SMILES string of the molecule is CNC1CCCN(C(=O)c2cc(OC)c(C)c(OC)c2)C1.Cl. The molecule has 1 aromatic carbocycles. The number of ether oxygens (including phenoxy) is 2. The van der Waals surface area contributed by atoms with Gasteiger partial charge >= 0.3 is 0 Å². The van der Waals surface area contributed by atoms with Crippen LogP contribution in [-0.2, 0) is 0 Å². The van der Waals surface area contributed by atoms with Gasteiger partial charge in [-0.15, -0.1) is 12.4 Å². The highest BCUT2D eigenvalue weighted by molar-refractivity contribution is 5.95. The molecular formula is C16H25ClN2O3. The summed E-state index contributed by atoms with van der Waals surface area (Å²) < 4.78 is 10.7. The zero-order valence-corrected chi connectivity index (χ0v) is 14.5. The first kappa shape index (κ1) is 18.6. The van der Waals surface area contributed by atoms with Crippen molar-refractivity contribution in [2.45, 2.75) is 25.8 Å². The fraction of sp³-hybridized carbons (Fsp3) is 0.562. The molecule has 22 heavy (non-hydrogen) atoms. The van der Waals surface area contributed by atoms with Gasteiger partial charge in [0.1, 0.15) is 11.5 Å². The summed E-state index contributed by atoms with van der Waals surface area (Å²) in [5, 5.41) is 3.25. The number of methoxy groups -OCH3 is 2. The number of amides is 1. The molecule has 2 rings (SSSR count). The van der Waals surface area contributed by atoms with Crippen LogP contribution in [0.15, 0.2) is 12.1 Å². The number of carbonyl (C=O) groups excluding carboxylic acids is 1. The molecule has 1 fully saturated rings. The maximum absolute atomic E-state index is 12.7. The highest BCUT2D eigenvalue weighted by Crippen LogP contribution is 2.30. The summed E-state index contributed by atoms with van der Waals surface area (Å²) in [4.78, 5) is 14.6. The van der Waals surface area contributed by atoms with Crippen molar-refractivity contribution >= 4 is 18.3 Å². The lowest BCUT2D eigenvalue weighted by molar-refractivity contribution is 0.0697. The molecule has 1 heterocycles. The molecular weight excluding hydrogens is 304 g/mol. The third-order valence-corrected chi connectivity index (χ3v) is 4.12. The second-order valence-corrected chi connectivity index (χ2v) is 5.38. The van der Waals surface area contributed by atoms with Gasteiger partial charge in [0.15, 0.2) is 0 Å². The van der Waals surface area contributed by atoms with Gasteiger partial charge in [-0.2, -0.15) is 0 Å². The Labute approximate surface area is 138 Å². The van der Waals surface area contributed by atoms with E-state index in [0.717, 1.165) is 31.5 Å². The van der Waals surface area contributed by atoms with E-state index in [-0.39, 0.29) is 18.3 Å². The van der Waals surface area contributed by atoms with Crippen LogP contribution < -0.4 is 14.8 Å². The van der Waals surface area contributed by atoms with Gasteiger partial charge in [-0.25, -0.2) is 0 Å². The van der Waals surface area contributed by atoms with Gasteiger partial charge in [-0.05, 0) is 38.9 Å². The summed E-state index contributed by atoms with van der Waals surface area (Å²) in [6.45, 7) is 3.47. The number of carbonyl (C=O) groups is 1. The Morgan fingerprint density at radius 3 is 2.36 bits per heavy atom. The van der Waals surface area contributed by atoms with E-state index in [4.69, 9.17) is 9.47 Å². The van der Waals surface area contributed by atoms with E-state index in [2.05, 4.69) is 5.32 Å². The van der Waals surface area contributed by atoms with Gasteiger partial charge in [-0.3, -0.25) is 4.79 Å². The molecule has 1 amide bonds. The smallest absolute Gasteiger partial charge is 0.254 e. The first-order chi connectivity index (χ1) is 10.1. The number of hydrogen-bond acceptors (Lipinski definition) is 4. The standard InChI is InChI=1S/C16H24N2O3.ClH/c1-11-14(20-3)8-12(9-15(11)21-4)16(19)18-7-5-6-13(10-18)17-2;/h8-9,13,17H,5-7,10H2,1-4H3;1H. The zero-order valence-electron chi connectivity index (χ0n) is 13.6. The summed E-state index contributed by atoms with van der Waals surface area (Å²) in [7, 11) is 5.15. The van der Waals surface area contributed by atoms with Crippen LogP contribution in [0.3, 0.4) is 0 Å². The predicted molar refractivity (Wildman–Crippen MR) is 89.5 cm³/mol. The Kier molecular flexibility index (Phi) is 6.97. The molecule has 0 aliphatic carbocycles. The van der Waals surface area contributed by atoms with E-state index < -0.39 is 0 Å². The molecule has 1 aromatic rings. The van der Waals surface area contributed by atoms with E-state index in [1.165, 1.54) is 0 Å². The van der Waals surface area contributed by atoms with E-state index in [0.29, 0.717) is 23.1 Å². The van der Waals surface area contributed by atoms with Crippen molar-refractivity contribution in [3.63, 3.8) is 0 Å². The van der Waals surface area contributed by atoms with Crippen molar-refractivity contribution < 1.29 is 14.3 Å².